The lowest BCUT2D eigenvalue weighted by Crippen LogP contribution is -2.07. The number of aromatic nitrogens is 1. The van der Waals surface area contributed by atoms with E-state index in [4.69, 9.17) is 9.40 Å². The van der Waals surface area contributed by atoms with Crippen LogP contribution >= 0.6 is 11.8 Å². The van der Waals surface area contributed by atoms with Crippen molar-refractivity contribution in [1.29, 1.82) is 5.26 Å². The van der Waals surface area contributed by atoms with Gasteiger partial charge in [-0.3, -0.25) is 4.79 Å². The summed E-state index contributed by atoms with van der Waals surface area (Å²) in [6.07, 6.45) is 4.18. The quantitative estimate of drug-likeness (QED) is 0.516. The summed E-state index contributed by atoms with van der Waals surface area (Å²) in [5.74, 6) is 0.295. The summed E-state index contributed by atoms with van der Waals surface area (Å²) in [4.78, 5) is 28.0. The summed E-state index contributed by atoms with van der Waals surface area (Å²) < 4.78 is 5.31. The molecule has 0 fully saturated rings. The number of aryl methyl sites for hydroxylation is 2. The third-order valence-corrected chi connectivity index (χ3v) is 5.94. The van der Waals surface area contributed by atoms with Crippen LogP contribution in [0.1, 0.15) is 42.1 Å². The molecule has 4 rings (SSSR count). The second-order valence-electron chi connectivity index (χ2n) is 7.04. The zero-order chi connectivity index (χ0) is 20.4. The Labute approximate surface area is 171 Å². The van der Waals surface area contributed by atoms with E-state index in [1.54, 1.807) is 12.1 Å². The zero-order valence-electron chi connectivity index (χ0n) is 15.9. The minimum atomic E-state index is -0.452. The van der Waals surface area contributed by atoms with E-state index in [0.29, 0.717) is 27.6 Å². The van der Waals surface area contributed by atoms with Crippen LogP contribution in [0.2, 0.25) is 0 Å². The van der Waals surface area contributed by atoms with Gasteiger partial charge in [-0.25, -0.2) is 9.78 Å². The van der Waals surface area contributed by atoms with Crippen molar-refractivity contribution in [3.05, 3.63) is 63.1 Å². The molecule has 7 heteroatoms. The van der Waals surface area contributed by atoms with Crippen molar-refractivity contribution in [3.8, 4) is 6.07 Å². The standard InChI is InChI=1S/C22H19N3O3S/c1-13(26)24-17-6-7-18-16(9-21(27)28-20(18)10-17)12-29-22-15(11-23)8-14-4-2-3-5-19(14)25-22/h6-10H,2-5,12H2,1H3,(H,24,26). The number of thioether (sulfide) groups is 1. The molecule has 0 saturated heterocycles. The van der Waals surface area contributed by atoms with E-state index >= 15 is 0 Å². The largest absolute Gasteiger partial charge is 0.423 e. The van der Waals surface area contributed by atoms with Crippen LogP contribution in [0, 0.1) is 11.3 Å². The Kier molecular flexibility index (Phi) is 5.36. The molecule has 29 heavy (non-hydrogen) atoms. The van der Waals surface area contributed by atoms with Crippen LogP contribution in [-0.4, -0.2) is 10.9 Å². The van der Waals surface area contributed by atoms with Crippen LogP contribution in [0.5, 0.6) is 0 Å². The number of carbonyl (C=O) groups excluding carboxylic acids is 1. The van der Waals surface area contributed by atoms with E-state index in [1.165, 1.54) is 30.3 Å². The highest BCUT2D eigenvalue weighted by molar-refractivity contribution is 7.98. The van der Waals surface area contributed by atoms with E-state index < -0.39 is 5.63 Å². The Hall–Kier alpha value is -3.11. The molecule has 1 aliphatic carbocycles. The predicted octanol–water partition coefficient (Wildman–Crippen LogP) is 4.19. The van der Waals surface area contributed by atoms with Crippen molar-refractivity contribution >= 4 is 34.3 Å². The van der Waals surface area contributed by atoms with Gasteiger partial charge in [0, 0.05) is 41.6 Å². The SMILES string of the molecule is CC(=O)Nc1ccc2c(CSc3nc4c(cc3C#N)CCCC4)cc(=O)oc2c1. The molecule has 1 amide bonds. The monoisotopic (exact) mass is 405 g/mol. The molecular formula is C22H19N3O3S. The second-order valence-corrected chi connectivity index (χ2v) is 8.00. The maximum absolute atomic E-state index is 12.0. The molecule has 2 heterocycles. The number of carbonyl (C=O) groups is 1. The van der Waals surface area contributed by atoms with Gasteiger partial charge in [-0.05, 0) is 55.0 Å². The van der Waals surface area contributed by atoms with E-state index in [2.05, 4.69) is 11.4 Å². The molecule has 146 valence electrons. The Balaban J connectivity index is 1.65. The van der Waals surface area contributed by atoms with Crippen LogP contribution in [0.3, 0.4) is 0 Å². The molecule has 1 N–H and O–H groups in total. The highest BCUT2D eigenvalue weighted by Crippen LogP contribution is 2.31. The summed E-state index contributed by atoms with van der Waals surface area (Å²) >= 11 is 1.45. The first-order valence-corrected chi connectivity index (χ1v) is 10.4. The number of rotatable bonds is 4. The molecule has 0 unspecified atom stereocenters. The number of hydrogen-bond acceptors (Lipinski definition) is 6. The number of hydrogen-bond donors (Lipinski definition) is 1. The van der Waals surface area contributed by atoms with E-state index in [9.17, 15) is 14.9 Å². The first kappa shape index (κ1) is 19.2. The smallest absolute Gasteiger partial charge is 0.336 e. The molecule has 0 atom stereocenters. The summed E-state index contributed by atoms with van der Waals surface area (Å²) in [6, 6.07) is 10.9. The van der Waals surface area contributed by atoms with Crippen molar-refractivity contribution < 1.29 is 9.21 Å². The fourth-order valence-electron chi connectivity index (χ4n) is 3.58. The minimum absolute atomic E-state index is 0.194. The summed E-state index contributed by atoms with van der Waals surface area (Å²) in [5, 5.41) is 13.7. The van der Waals surface area contributed by atoms with Crippen LogP contribution in [-0.2, 0) is 23.4 Å². The van der Waals surface area contributed by atoms with Gasteiger partial charge in [0.15, 0.2) is 0 Å². The third-order valence-electron chi connectivity index (χ3n) is 4.90. The number of anilines is 1. The number of amides is 1. The number of nitrogens with one attached hydrogen (secondary N) is 1. The first-order chi connectivity index (χ1) is 14.0. The van der Waals surface area contributed by atoms with Crippen molar-refractivity contribution in [2.45, 2.75) is 43.4 Å². The van der Waals surface area contributed by atoms with Gasteiger partial charge in [0.1, 0.15) is 16.7 Å². The molecule has 2 aromatic heterocycles. The van der Waals surface area contributed by atoms with Crippen LogP contribution < -0.4 is 10.9 Å². The van der Waals surface area contributed by atoms with Gasteiger partial charge in [-0.2, -0.15) is 5.26 Å². The van der Waals surface area contributed by atoms with Gasteiger partial charge in [0.25, 0.3) is 0 Å². The molecule has 0 saturated carbocycles. The highest BCUT2D eigenvalue weighted by Gasteiger charge is 2.16. The highest BCUT2D eigenvalue weighted by atomic mass is 32.2. The number of pyridine rings is 1. The molecule has 0 spiro atoms. The van der Waals surface area contributed by atoms with Gasteiger partial charge in [0.2, 0.25) is 5.91 Å². The summed E-state index contributed by atoms with van der Waals surface area (Å²) in [6.45, 7) is 1.42. The lowest BCUT2D eigenvalue weighted by molar-refractivity contribution is -0.114. The van der Waals surface area contributed by atoms with Crippen LogP contribution in [0.15, 0.2) is 44.6 Å². The van der Waals surface area contributed by atoms with Gasteiger partial charge in [-0.1, -0.05) is 0 Å². The average molecular weight is 405 g/mol. The van der Waals surface area contributed by atoms with Gasteiger partial charge < -0.3 is 9.73 Å². The zero-order valence-corrected chi connectivity index (χ0v) is 16.8. The number of fused-ring (bicyclic) bond motifs is 2. The number of nitriles is 1. The Morgan fingerprint density at radius 2 is 2.10 bits per heavy atom. The topological polar surface area (TPSA) is 96.0 Å². The van der Waals surface area contributed by atoms with E-state index in [1.807, 2.05) is 12.1 Å². The summed E-state index contributed by atoms with van der Waals surface area (Å²) in [5.41, 5.74) is 4.17. The average Bonchev–Trinajstić information content (AvgIpc) is 2.70. The fraction of sp³-hybridized carbons (Fsp3) is 0.273. The summed E-state index contributed by atoms with van der Waals surface area (Å²) in [7, 11) is 0. The lowest BCUT2D eigenvalue weighted by atomic mass is 9.95. The van der Waals surface area contributed by atoms with Gasteiger partial charge in [-0.15, -0.1) is 11.8 Å². The Morgan fingerprint density at radius 3 is 2.90 bits per heavy atom. The van der Waals surface area contributed by atoms with E-state index in [0.717, 1.165) is 42.3 Å². The normalized spacial score (nSPS) is 13.0. The van der Waals surface area contributed by atoms with Crippen molar-refractivity contribution in [2.24, 2.45) is 0 Å². The molecular weight excluding hydrogens is 386 g/mol. The van der Waals surface area contributed by atoms with Crippen molar-refractivity contribution in [3.63, 3.8) is 0 Å². The van der Waals surface area contributed by atoms with E-state index in [-0.39, 0.29) is 5.91 Å². The van der Waals surface area contributed by atoms with Crippen molar-refractivity contribution in [2.75, 3.05) is 5.32 Å². The van der Waals surface area contributed by atoms with Gasteiger partial charge in [0.05, 0.1) is 5.56 Å². The molecule has 3 aromatic rings. The Bertz CT molecular complexity index is 1210. The molecule has 6 nitrogen and oxygen atoms in total. The third kappa shape index (κ3) is 4.17. The second kappa shape index (κ2) is 8.10. The maximum atomic E-state index is 12.0. The number of benzene rings is 1. The van der Waals surface area contributed by atoms with Crippen molar-refractivity contribution in [1.82, 2.24) is 4.98 Å². The Morgan fingerprint density at radius 1 is 1.28 bits per heavy atom. The fourth-order valence-corrected chi connectivity index (χ4v) is 4.55. The van der Waals surface area contributed by atoms with Crippen LogP contribution in [0.25, 0.3) is 11.0 Å². The molecule has 0 bridgehead atoms. The van der Waals surface area contributed by atoms with Crippen LogP contribution in [0.4, 0.5) is 5.69 Å². The minimum Gasteiger partial charge on any atom is -0.423 e. The molecule has 0 aliphatic heterocycles. The molecule has 0 radical (unpaired) electrons. The predicted molar refractivity (Wildman–Crippen MR) is 112 cm³/mol. The molecule has 1 aromatic carbocycles. The molecule has 1 aliphatic rings. The lowest BCUT2D eigenvalue weighted by Gasteiger charge is -2.16. The first-order valence-electron chi connectivity index (χ1n) is 9.43. The van der Waals surface area contributed by atoms with Gasteiger partial charge >= 0.3 is 5.63 Å². The number of nitrogens with zero attached hydrogens (tertiary/aromatic N) is 2. The maximum Gasteiger partial charge on any atom is 0.336 e.